The quantitative estimate of drug-likeness (QED) is 0.274. The molecular weight excluding hydrogens is 495 g/mol. The van der Waals surface area contributed by atoms with E-state index in [0.717, 1.165) is 34.2 Å². The number of aromatic nitrogens is 1. The highest BCUT2D eigenvalue weighted by molar-refractivity contribution is 6.04. The van der Waals surface area contributed by atoms with Crippen LogP contribution in [0, 0.1) is 5.41 Å². The molecule has 1 aromatic carbocycles. The van der Waals surface area contributed by atoms with Crippen LogP contribution in [0.4, 0.5) is 18.9 Å². The summed E-state index contributed by atoms with van der Waals surface area (Å²) in [5.74, 6) is -0.357. The molecule has 3 rings (SSSR count). The fraction of sp³-hybridized carbons (Fsp3) is 0.414. The monoisotopic (exact) mass is 529 g/mol. The number of nitrogens with zero attached hydrogens (tertiary/aromatic N) is 1. The zero-order valence-corrected chi connectivity index (χ0v) is 22.0. The van der Waals surface area contributed by atoms with Crippen LogP contribution in [0.2, 0.25) is 0 Å². The molecule has 0 radical (unpaired) electrons. The first-order chi connectivity index (χ1) is 18.0. The smallest absolute Gasteiger partial charge is 0.430 e. The maximum atomic E-state index is 13.4. The van der Waals surface area contributed by atoms with E-state index in [-0.39, 0.29) is 18.2 Å². The van der Waals surface area contributed by atoms with Crippen molar-refractivity contribution in [3.05, 3.63) is 71.1 Å². The molecule has 0 spiro atoms. The van der Waals surface area contributed by atoms with E-state index in [1.165, 1.54) is 6.08 Å². The van der Waals surface area contributed by atoms with E-state index in [9.17, 15) is 22.8 Å². The van der Waals surface area contributed by atoms with E-state index >= 15 is 0 Å². The maximum absolute atomic E-state index is 13.4. The second kappa shape index (κ2) is 12.3. The number of fused-ring (bicyclic) bond motifs is 1. The third-order valence-electron chi connectivity index (χ3n) is 7.03. The number of nitrogens with one attached hydrogen (secondary N) is 1. The second-order valence-corrected chi connectivity index (χ2v) is 9.40. The van der Waals surface area contributed by atoms with Crippen LogP contribution in [0.15, 0.2) is 60.0 Å². The first-order valence-corrected chi connectivity index (χ1v) is 12.8. The third-order valence-corrected chi connectivity index (χ3v) is 7.03. The highest BCUT2D eigenvalue weighted by Gasteiger charge is 2.43. The van der Waals surface area contributed by atoms with Gasteiger partial charge in [-0.25, -0.2) is 0 Å². The first kappa shape index (κ1) is 28.9. The largest absolute Gasteiger partial charge is 0.466 e. The SMILES string of the molecule is CCOC(=O)CC1(CC)CCc2cc(-c3ccc(NC/C(=C/C=C(\N)C(F)(F)F)CC)cn3)ccc2C1=O. The highest BCUT2D eigenvalue weighted by Crippen LogP contribution is 2.42. The van der Waals surface area contributed by atoms with Crippen LogP contribution in [0.3, 0.4) is 0 Å². The Bertz CT molecular complexity index is 1220. The lowest BCUT2D eigenvalue weighted by Crippen LogP contribution is -2.38. The van der Waals surface area contributed by atoms with Gasteiger partial charge in [0.05, 0.1) is 30.6 Å². The summed E-state index contributed by atoms with van der Waals surface area (Å²) in [6.45, 7) is 6.19. The number of Topliss-reactive ketones (excluding diaryl/α,β-unsaturated/α-hetero) is 1. The van der Waals surface area contributed by atoms with Gasteiger partial charge in [0.15, 0.2) is 5.78 Å². The first-order valence-electron chi connectivity index (χ1n) is 12.8. The molecule has 1 aliphatic rings. The minimum Gasteiger partial charge on any atom is -0.466 e. The van der Waals surface area contributed by atoms with Crippen molar-refractivity contribution in [2.24, 2.45) is 11.1 Å². The predicted octanol–water partition coefficient (Wildman–Crippen LogP) is 6.38. The second-order valence-electron chi connectivity index (χ2n) is 9.40. The Hall–Kier alpha value is -3.62. The molecule has 204 valence electrons. The van der Waals surface area contributed by atoms with E-state index in [0.29, 0.717) is 44.4 Å². The van der Waals surface area contributed by atoms with Crippen LogP contribution < -0.4 is 11.1 Å². The zero-order valence-electron chi connectivity index (χ0n) is 22.0. The molecule has 0 saturated carbocycles. The summed E-state index contributed by atoms with van der Waals surface area (Å²) < 4.78 is 42.9. The van der Waals surface area contributed by atoms with Crippen molar-refractivity contribution in [2.45, 2.75) is 59.1 Å². The number of hydrogen-bond donors (Lipinski definition) is 2. The lowest BCUT2D eigenvalue weighted by molar-refractivity contribution is -0.145. The predicted molar refractivity (Wildman–Crippen MR) is 141 cm³/mol. The summed E-state index contributed by atoms with van der Waals surface area (Å²) in [5.41, 5.74) is 7.86. The number of aryl methyl sites for hydroxylation is 1. The molecule has 2 aromatic rings. The Morgan fingerprint density at radius 1 is 1.18 bits per heavy atom. The number of ketones is 1. The number of benzene rings is 1. The van der Waals surface area contributed by atoms with Gasteiger partial charge < -0.3 is 15.8 Å². The van der Waals surface area contributed by atoms with Crippen molar-refractivity contribution in [1.82, 2.24) is 4.98 Å². The normalized spacial score (nSPS) is 18.2. The van der Waals surface area contributed by atoms with E-state index in [1.807, 2.05) is 44.2 Å². The molecule has 0 aliphatic heterocycles. The Morgan fingerprint density at radius 2 is 1.95 bits per heavy atom. The van der Waals surface area contributed by atoms with Crippen LogP contribution in [-0.2, 0) is 16.0 Å². The number of ether oxygens (including phenoxy) is 1. The van der Waals surface area contributed by atoms with Crippen LogP contribution in [-0.4, -0.2) is 36.1 Å². The fourth-order valence-electron chi connectivity index (χ4n) is 4.56. The standard InChI is InChI=1S/C29H34F3N3O3/c1-4-19(7-12-25(33)29(30,31)32)17-34-22-9-11-24(35-18-22)21-8-10-23-20(15-21)13-14-28(5-2,27(23)37)16-26(36)38-6-3/h7-12,15,18,34H,4-6,13-14,16-17,33H2,1-3H3/b19-7+,25-12-. The summed E-state index contributed by atoms with van der Waals surface area (Å²) in [4.78, 5) is 30.1. The van der Waals surface area contributed by atoms with Crippen molar-refractivity contribution in [3.63, 3.8) is 0 Å². The van der Waals surface area contributed by atoms with Gasteiger partial charge in [-0.3, -0.25) is 14.6 Å². The minimum absolute atomic E-state index is 0.0139. The Morgan fingerprint density at radius 3 is 2.55 bits per heavy atom. The summed E-state index contributed by atoms with van der Waals surface area (Å²) in [6.07, 6.45) is 1.87. The number of alkyl halides is 3. The van der Waals surface area contributed by atoms with Gasteiger partial charge in [-0.2, -0.15) is 13.2 Å². The molecule has 1 unspecified atom stereocenters. The molecule has 1 aromatic heterocycles. The van der Waals surface area contributed by atoms with Crippen LogP contribution in [0.25, 0.3) is 11.3 Å². The number of hydrogen-bond acceptors (Lipinski definition) is 6. The Kier molecular flexibility index (Phi) is 9.36. The van der Waals surface area contributed by atoms with Gasteiger partial charge in [-0.05, 0) is 62.4 Å². The molecule has 38 heavy (non-hydrogen) atoms. The number of carbonyl (C=O) groups is 2. The van der Waals surface area contributed by atoms with Crippen LogP contribution in [0.5, 0.6) is 0 Å². The van der Waals surface area contributed by atoms with Crippen molar-refractivity contribution in [2.75, 3.05) is 18.5 Å². The molecule has 0 bridgehead atoms. The van der Waals surface area contributed by atoms with Crippen molar-refractivity contribution in [3.8, 4) is 11.3 Å². The lowest BCUT2D eigenvalue weighted by Gasteiger charge is -2.35. The van der Waals surface area contributed by atoms with E-state index < -0.39 is 17.3 Å². The third kappa shape index (κ3) is 6.82. The number of anilines is 1. The summed E-state index contributed by atoms with van der Waals surface area (Å²) in [7, 11) is 0. The van der Waals surface area contributed by atoms with Gasteiger partial charge in [-0.15, -0.1) is 0 Å². The number of carbonyl (C=O) groups excluding carboxylic acids is 2. The number of halogens is 3. The lowest BCUT2D eigenvalue weighted by atomic mass is 9.67. The van der Waals surface area contributed by atoms with Gasteiger partial charge in [0.2, 0.25) is 0 Å². The molecule has 6 nitrogen and oxygen atoms in total. The van der Waals surface area contributed by atoms with Gasteiger partial charge in [-0.1, -0.05) is 37.6 Å². The van der Waals surface area contributed by atoms with Gasteiger partial charge in [0, 0.05) is 23.1 Å². The summed E-state index contributed by atoms with van der Waals surface area (Å²) in [5, 5.41) is 3.17. The molecule has 1 atom stereocenters. The van der Waals surface area contributed by atoms with Crippen LogP contribution >= 0.6 is 0 Å². The fourth-order valence-corrected chi connectivity index (χ4v) is 4.56. The topological polar surface area (TPSA) is 94.3 Å². The summed E-state index contributed by atoms with van der Waals surface area (Å²) >= 11 is 0. The molecule has 0 fully saturated rings. The number of nitrogens with two attached hydrogens (primary N) is 1. The molecule has 3 N–H and O–H groups in total. The Labute approximate surface area is 221 Å². The van der Waals surface area contributed by atoms with E-state index in [4.69, 9.17) is 10.5 Å². The molecule has 0 amide bonds. The van der Waals surface area contributed by atoms with Gasteiger partial charge >= 0.3 is 12.1 Å². The van der Waals surface area contributed by atoms with Crippen molar-refractivity contribution < 1.29 is 27.5 Å². The number of esters is 1. The van der Waals surface area contributed by atoms with Crippen LogP contribution in [0.1, 0.15) is 62.4 Å². The van der Waals surface area contributed by atoms with Gasteiger partial charge in [0.1, 0.15) is 5.70 Å². The van der Waals surface area contributed by atoms with Crippen molar-refractivity contribution >= 4 is 17.4 Å². The number of rotatable bonds is 10. The minimum atomic E-state index is -4.55. The zero-order chi connectivity index (χ0) is 27.9. The summed E-state index contributed by atoms with van der Waals surface area (Å²) in [6, 6.07) is 9.35. The average molecular weight is 530 g/mol. The Balaban J connectivity index is 1.71. The number of allylic oxidation sites excluding steroid dienone is 3. The van der Waals surface area contributed by atoms with E-state index in [1.54, 1.807) is 13.1 Å². The molecular formula is C29H34F3N3O3. The average Bonchev–Trinajstić information content (AvgIpc) is 2.90. The number of pyridine rings is 1. The van der Waals surface area contributed by atoms with Crippen molar-refractivity contribution in [1.29, 1.82) is 0 Å². The maximum Gasteiger partial charge on any atom is 0.430 e. The van der Waals surface area contributed by atoms with Gasteiger partial charge in [0.25, 0.3) is 0 Å². The molecule has 1 aliphatic carbocycles. The molecule has 0 saturated heterocycles. The van der Waals surface area contributed by atoms with E-state index in [2.05, 4.69) is 10.3 Å². The molecule has 9 heteroatoms. The highest BCUT2D eigenvalue weighted by atomic mass is 19.4. The molecule has 1 heterocycles.